The number of thioether (sulfide) groups is 1. The Bertz CT molecular complexity index is 1060. The normalized spacial score (nSPS) is 10.4. The fraction of sp³-hybridized carbons (Fsp3) is 0.190. The van der Waals surface area contributed by atoms with Crippen molar-refractivity contribution in [3.8, 4) is 17.6 Å². The van der Waals surface area contributed by atoms with Gasteiger partial charge in [0.15, 0.2) is 5.78 Å². The molecule has 0 aliphatic heterocycles. The second-order valence-electron chi connectivity index (χ2n) is 5.93. The number of ether oxygens (including phenoxy) is 2. The zero-order chi connectivity index (χ0) is 19.4. The van der Waals surface area contributed by atoms with Crippen LogP contribution in [-0.4, -0.2) is 30.7 Å². The van der Waals surface area contributed by atoms with E-state index in [1.54, 1.807) is 31.4 Å². The van der Waals surface area contributed by atoms with Crippen LogP contribution in [0.25, 0.3) is 10.9 Å². The monoisotopic (exact) mass is 378 g/mol. The molecule has 0 radical (unpaired) electrons. The van der Waals surface area contributed by atoms with E-state index < -0.39 is 0 Å². The van der Waals surface area contributed by atoms with Crippen molar-refractivity contribution in [2.45, 2.75) is 11.9 Å². The minimum atomic E-state index is -0.120. The molecule has 27 heavy (non-hydrogen) atoms. The Labute approximate surface area is 161 Å². The first-order valence-corrected chi connectivity index (χ1v) is 9.24. The molecule has 0 aliphatic carbocycles. The number of carbonyl (C=O) groups excluding carboxylic acids is 1. The van der Waals surface area contributed by atoms with Gasteiger partial charge in [-0.25, -0.2) is 4.98 Å². The van der Waals surface area contributed by atoms with E-state index >= 15 is 0 Å². The third-order valence-electron chi connectivity index (χ3n) is 4.11. The fourth-order valence-corrected chi connectivity index (χ4v) is 3.54. The van der Waals surface area contributed by atoms with E-state index in [0.717, 1.165) is 16.5 Å². The smallest absolute Gasteiger partial charge is 0.176 e. The van der Waals surface area contributed by atoms with Crippen molar-refractivity contribution >= 4 is 28.4 Å². The lowest BCUT2D eigenvalue weighted by molar-refractivity contribution is 0.101. The molecule has 0 fully saturated rings. The molecular formula is C21H18N2O3S. The van der Waals surface area contributed by atoms with Crippen molar-refractivity contribution in [3.05, 3.63) is 59.2 Å². The van der Waals surface area contributed by atoms with E-state index in [9.17, 15) is 10.1 Å². The van der Waals surface area contributed by atoms with E-state index in [0.29, 0.717) is 27.7 Å². The quantitative estimate of drug-likeness (QED) is 0.467. The van der Waals surface area contributed by atoms with Crippen molar-refractivity contribution in [3.63, 3.8) is 0 Å². The Kier molecular flexibility index (Phi) is 5.63. The number of pyridine rings is 1. The highest BCUT2D eigenvalue weighted by atomic mass is 32.2. The average Bonchev–Trinajstić information content (AvgIpc) is 2.70. The van der Waals surface area contributed by atoms with Crippen molar-refractivity contribution in [2.24, 2.45) is 0 Å². The maximum atomic E-state index is 12.7. The molecule has 1 aromatic heterocycles. The molecule has 0 bridgehead atoms. The van der Waals surface area contributed by atoms with Crippen LogP contribution in [0.5, 0.6) is 11.5 Å². The minimum absolute atomic E-state index is 0.120. The number of aryl methyl sites for hydroxylation is 1. The van der Waals surface area contributed by atoms with Crippen LogP contribution in [0.4, 0.5) is 0 Å². The molecule has 0 atom stereocenters. The average molecular weight is 378 g/mol. The largest absolute Gasteiger partial charge is 0.497 e. The maximum absolute atomic E-state index is 12.7. The summed E-state index contributed by atoms with van der Waals surface area (Å²) in [5.41, 5.74) is 2.80. The lowest BCUT2D eigenvalue weighted by Gasteiger charge is -2.10. The molecule has 3 aromatic rings. The van der Waals surface area contributed by atoms with E-state index in [2.05, 4.69) is 11.1 Å². The second kappa shape index (κ2) is 8.11. The number of rotatable bonds is 6. The van der Waals surface area contributed by atoms with Gasteiger partial charge in [-0.1, -0.05) is 23.9 Å². The third-order valence-corrected chi connectivity index (χ3v) is 5.10. The first kappa shape index (κ1) is 18.7. The van der Waals surface area contributed by atoms with Gasteiger partial charge in [-0.05, 0) is 42.8 Å². The highest BCUT2D eigenvalue weighted by Gasteiger charge is 2.16. The molecule has 0 N–H and O–H groups in total. The van der Waals surface area contributed by atoms with Gasteiger partial charge in [-0.2, -0.15) is 5.26 Å². The van der Waals surface area contributed by atoms with Crippen LogP contribution in [0.1, 0.15) is 21.5 Å². The molecule has 0 amide bonds. The predicted octanol–water partition coefficient (Wildman–Crippen LogP) is 4.41. The van der Waals surface area contributed by atoms with Crippen molar-refractivity contribution in [2.75, 3.05) is 20.0 Å². The SMILES string of the molecule is COc1ccc(OC)c(C(=O)CSc2nc3cc(C)ccc3cc2C#N)c1. The number of methoxy groups -OCH3 is 2. The molecule has 0 saturated carbocycles. The number of aromatic nitrogens is 1. The predicted molar refractivity (Wildman–Crippen MR) is 106 cm³/mol. The highest BCUT2D eigenvalue weighted by Crippen LogP contribution is 2.29. The molecule has 136 valence electrons. The van der Waals surface area contributed by atoms with Crippen molar-refractivity contribution in [1.29, 1.82) is 5.26 Å². The second-order valence-corrected chi connectivity index (χ2v) is 6.89. The molecule has 3 rings (SSSR count). The number of hydrogen-bond donors (Lipinski definition) is 0. The van der Waals surface area contributed by atoms with E-state index in [1.807, 2.05) is 25.1 Å². The van der Waals surface area contributed by atoms with Gasteiger partial charge in [0.2, 0.25) is 0 Å². The van der Waals surface area contributed by atoms with Crippen LogP contribution in [0.15, 0.2) is 47.5 Å². The number of carbonyl (C=O) groups is 1. The Morgan fingerprint density at radius 2 is 1.96 bits per heavy atom. The molecule has 0 aliphatic rings. The summed E-state index contributed by atoms with van der Waals surface area (Å²) in [5, 5.41) is 10.9. The zero-order valence-electron chi connectivity index (χ0n) is 15.3. The summed E-state index contributed by atoms with van der Waals surface area (Å²) in [6.45, 7) is 1.99. The van der Waals surface area contributed by atoms with Gasteiger partial charge in [0.1, 0.15) is 22.6 Å². The maximum Gasteiger partial charge on any atom is 0.176 e. The minimum Gasteiger partial charge on any atom is -0.497 e. The van der Waals surface area contributed by atoms with Crippen LogP contribution in [0.3, 0.4) is 0 Å². The molecule has 0 spiro atoms. The molecule has 0 unspecified atom stereocenters. The van der Waals surface area contributed by atoms with E-state index in [-0.39, 0.29) is 11.5 Å². The number of Topliss-reactive ketones (excluding diaryl/α,β-unsaturated/α-hetero) is 1. The van der Waals surface area contributed by atoms with Gasteiger partial charge >= 0.3 is 0 Å². The summed E-state index contributed by atoms with van der Waals surface area (Å²) in [6, 6.07) is 15.0. The Balaban J connectivity index is 1.88. The van der Waals surface area contributed by atoms with Gasteiger partial charge in [0.05, 0.1) is 36.6 Å². The number of hydrogen-bond acceptors (Lipinski definition) is 6. The molecule has 5 nitrogen and oxygen atoms in total. The van der Waals surface area contributed by atoms with Gasteiger partial charge < -0.3 is 9.47 Å². The number of ketones is 1. The van der Waals surface area contributed by atoms with Gasteiger partial charge in [0.25, 0.3) is 0 Å². The first-order valence-electron chi connectivity index (χ1n) is 8.25. The Hall–Kier alpha value is -3.04. The summed E-state index contributed by atoms with van der Waals surface area (Å²) in [7, 11) is 3.07. The molecule has 0 saturated heterocycles. The lowest BCUT2D eigenvalue weighted by atomic mass is 10.1. The zero-order valence-corrected chi connectivity index (χ0v) is 16.1. The highest BCUT2D eigenvalue weighted by molar-refractivity contribution is 8.00. The van der Waals surface area contributed by atoms with Crippen molar-refractivity contribution in [1.82, 2.24) is 4.98 Å². The van der Waals surface area contributed by atoms with Crippen molar-refractivity contribution < 1.29 is 14.3 Å². The topological polar surface area (TPSA) is 72.2 Å². The Morgan fingerprint density at radius 3 is 2.67 bits per heavy atom. The molecule has 1 heterocycles. The fourth-order valence-electron chi connectivity index (χ4n) is 2.69. The summed E-state index contributed by atoms with van der Waals surface area (Å²) in [6.07, 6.45) is 0. The number of fused-ring (bicyclic) bond motifs is 1. The lowest BCUT2D eigenvalue weighted by Crippen LogP contribution is -2.06. The standard InChI is InChI=1S/C21H18N2O3S/c1-13-4-5-14-9-15(11-22)21(23-18(14)8-13)27-12-19(24)17-10-16(25-2)6-7-20(17)26-3/h4-10H,12H2,1-3H3. The molecule has 2 aromatic carbocycles. The van der Waals surface area contributed by atoms with E-state index in [1.165, 1.54) is 18.9 Å². The van der Waals surface area contributed by atoms with Crippen LogP contribution in [0, 0.1) is 18.3 Å². The summed E-state index contributed by atoms with van der Waals surface area (Å²) in [5.74, 6) is 1.10. The Morgan fingerprint density at radius 1 is 1.15 bits per heavy atom. The number of nitriles is 1. The summed E-state index contributed by atoms with van der Waals surface area (Å²) < 4.78 is 10.5. The van der Waals surface area contributed by atoms with Crippen LogP contribution >= 0.6 is 11.8 Å². The number of benzene rings is 2. The van der Waals surface area contributed by atoms with Gasteiger partial charge in [-0.15, -0.1) is 0 Å². The van der Waals surface area contributed by atoms with Crippen LogP contribution in [-0.2, 0) is 0 Å². The van der Waals surface area contributed by atoms with E-state index in [4.69, 9.17) is 9.47 Å². The van der Waals surface area contributed by atoms with Gasteiger partial charge in [-0.3, -0.25) is 4.79 Å². The number of nitrogens with zero attached hydrogens (tertiary/aromatic N) is 2. The first-order chi connectivity index (χ1) is 13.0. The van der Waals surface area contributed by atoms with Gasteiger partial charge in [0, 0.05) is 5.39 Å². The molecule has 6 heteroatoms. The van der Waals surface area contributed by atoms with Crippen LogP contribution < -0.4 is 9.47 Å². The van der Waals surface area contributed by atoms with Crippen LogP contribution in [0.2, 0.25) is 0 Å². The summed E-state index contributed by atoms with van der Waals surface area (Å²) in [4.78, 5) is 17.3. The summed E-state index contributed by atoms with van der Waals surface area (Å²) >= 11 is 1.25. The third kappa shape index (κ3) is 4.04. The molecular weight excluding hydrogens is 360 g/mol.